The normalized spacial score (nSPS) is 17.2. The van der Waals surface area contributed by atoms with Crippen LogP contribution >= 0.6 is 11.3 Å². The molecule has 3 aromatic rings. The summed E-state index contributed by atoms with van der Waals surface area (Å²) in [5.74, 6) is -1.62. The van der Waals surface area contributed by atoms with Crippen molar-refractivity contribution >= 4 is 23.2 Å². The summed E-state index contributed by atoms with van der Waals surface area (Å²) in [6.45, 7) is 0.443. The van der Waals surface area contributed by atoms with Gasteiger partial charge < -0.3 is 14.5 Å². The monoisotopic (exact) mass is 482 g/mol. The average Bonchev–Trinajstić information content (AvgIpc) is 3.57. The Morgan fingerprint density at radius 2 is 1.76 bits per heavy atom. The molecule has 1 atom stereocenters. The van der Waals surface area contributed by atoms with E-state index in [9.17, 15) is 18.4 Å². The van der Waals surface area contributed by atoms with Gasteiger partial charge in [0.1, 0.15) is 19.0 Å². The molecule has 8 heteroatoms. The van der Waals surface area contributed by atoms with Gasteiger partial charge in [-0.05, 0) is 60.5 Å². The molecule has 1 aliphatic carbocycles. The molecule has 2 aliphatic rings. The molecule has 2 heterocycles. The summed E-state index contributed by atoms with van der Waals surface area (Å²) < 4.78 is 34.2. The molecule has 5 nitrogen and oxygen atoms in total. The Bertz CT molecular complexity index is 1210. The quantitative estimate of drug-likeness (QED) is 0.485. The van der Waals surface area contributed by atoms with E-state index in [4.69, 9.17) is 4.74 Å². The summed E-state index contributed by atoms with van der Waals surface area (Å²) in [5, 5.41) is 1.98. The second kappa shape index (κ2) is 9.54. The van der Waals surface area contributed by atoms with Gasteiger partial charge in [-0.1, -0.05) is 24.3 Å². The van der Waals surface area contributed by atoms with Crippen molar-refractivity contribution in [3.8, 4) is 5.75 Å². The molecule has 2 aromatic carbocycles. The van der Waals surface area contributed by atoms with Gasteiger partial charge in [0, 0.05) is 17.5 Å². The van der Waals surface area contributed by atoms with E-state index in [1.807, 2.05) is 11.4 Å². The predicted molar refractivity (Wildman–Crippen MR) is 125 cm³/mol. The highest BCUT2D eigenvalue weighted by molar-refractivity contribution is 7.10. The van der Waals surface area contributed by atoms with Crippen molar-refractivity contribution in [2.24, 2.45) is 0 Å². The van der Waals surface area contributed by atoms with Crippen LogP contribution in [-0.4, -0.2) is 47.4 Å². The summed E-state index contributed by atoms with van der Waals surface area (Å²) in [6, 6.07) is 13.5. The van der Waals surface area contributed by atoms with Gasteiger partial charge in [-0.25, -0.2) is 8.78 Å². The summed E-state index contributed by atoms with van der Waals surface area (Å²) in [5.41, 5.74) is 0.958. The van der Waals surface area contributed by atoms with Crippen molar-refractivity contribution in [1.29, 1.82) is 0 Å². The number of halogens is 2. The zero-order valence-corrected chi connectivity index (χ0v) is 19.3. The molecule has 0 saturated heterocycles. The van der Waals surface area contributed by atoms with Crippen LogP contribution in [0.25, 0.3) is 0 Å². The minimum absolute atomic E-state index is 0.0274. The summed E-state index contributed by atoms with van der Waals surface area (Å²) >= 11 is 1.63. The van der Waals surface area contributed by atoms with E-state index in [1.165, 1.54) is 34.0 Å². The lowest BCUT2D eigenvalue weighted by molar-refractivity contribution is -0.135. The number of thiophene rings is 1. The molecule has 176 valence electrons. The van der Waals surface area contributed by atoms with Crippen molar-refractivity contribution in [2.75, 3.05) is 19.7 Å². The number of nitrogens with zero attached hydrogens (tertiary/aromatic N) is 2. The Morgan fingerprint density at radius 3 is 2.50 bits per heavy atom. The number of hydrogen-bond acceptors (Lipinski definition) is 4. The molecule has 0 bridgehead atoms. The van der Waals surface area contributed by atoms with Crippen molar-refractivity contribution < 1.29 is 23.1 Å². The maximum Gasteiger partial charge on any atom is 0.257 e. The predicted octanol–water partition coefficient (Wildman–Crippen LogP) is 4.84. The van der Waals surface area contributed by atoms with Crippen LogP contribution < -0.4 is 4.74 Å². The fraction of sp³-hybridized carbons (Fsp3) is 0.308. The minimum Gasteiger partial charge on any atom is -0.488 e. The fourth-order valence-corrected chi connectivity index (χ4v) is 5.31. The molecular weight excluding hydrogens is 458 g/mol. The highest BCUT2D eigenvalue weighted by Crippen LogP contribution is 2.35. The van der Waals surface area contributed by atoms with Crippen LogP contribution in [0.15, 0.2) is 60.0 Å². The van der Waals surface area contributed by atoms with Gasteiger partial charge in [-0.3, -0.25) is 9.59 Å². The molecule has 34 heavy (non-hydrogen) atoms. The third-order valence-electron chi connectivity index (χ3n) is 6.31. The van der Waals surface area contributed by atoms with E-state index in [-0.39, 0.29) is 36.4 Å². The first kappa shape index (κ1) is 22.5. The van der Waals surface area contributed by atoms with E-state index < -0.39 is 23.6 Å². The van der Waals surface area contributed by atoms with E-state index >= 15 is 0 Å². The van der Waals surface area contributed by atoms with Gasteiger partial charge in [0.25, 0.3) is 5.91 Å². The van der Waals surface area contributed by atoms with Crippen molar-refractivity contribution in [3.05, 3.63) is 87.6 Å². The van der Waals surface area contributed by atoms with Crippen LogP contribution in [0, 0.1) is 11.6 Å². The number of ether oxygens (including phenoxy) is 1. The number of carbonyl (C=O) groups excluding carboxylic acids is 2. The first-order valence-electron chi connectivity index (χ1n) is 11.3. The van der Waals surface area contributed by atoms with Gasteiger partial charge in [0.15, 0.2) is 11.6 Å². The number of para-hydroxylation sites is 1. The Hall–Kier alpha value is -3.26. The minimum atomic E-state index is -0.595. The summed E-state index contributed by atoms with van der Waals surface area (Å²) in [7, 11) is 0. The third kappa shape index (κ3) is 4.55. The lowest BCUT2D eigenvalue weighted by atomic mass is 10.0. The van der Waals surface area contributed by atoms with E-state index in [1.54, 1.807) is 40.5 Å². The number of amides is 2. The fourth-order valence-electron chi connectivity index (χ4n) is 4.38. The highest BCUT2D eigenvalue weighted by atomic mass is 32.1. The smallest absolute Gasteiger partial charge is 0.257 e. The van der Waals surface area contributed by atoms with E-state index in [0.717, 1.165) is 18.4 Å². The maximum absolute atomic E-state index is 14.3. The maximum atomic E-state index is 14.3. The Kier molecular flexibility index (Phi) is 6.32. The molecule has 1 fully saturated rings. The molecule has 0 radical (unpaired) electrons. The van der Waals surface area contributed by atoms with Gasteiger partial charge in [-0.15, -0.1) is 11.3 Å². The summed E-state index contributed by atoms with van der Waals surface area (Å²) in [6.07, 6.45) is 2.30. The molecule has 0 unspecified atom stereocenters. The second-order valence-electron chi connectivity index (χ2n) is 8.54. The number of rotatable bonds is 7. The Balaban J connectivity index is 1.36. The largest absolute Gasteiger partial charge is 0.488 e. The third-order valence-corrected chi connectivity index (χ3v) is 7.30. The van der Waals surface area contributed by atoms with E-state index in [2.05, 4.69) is 0 Å². The molecular formula is C26H24F2N2O3S. The second-order valence-corrected chi connectivity index (χ2v) is 9.54. The number of fused-ring (bicyclic) bond motifs is 1. The van der Waals surface area contributed by atoms with Crippen LogP contribution in [-0.2, 0) is 11.2 Å². The average molecular weight is 483 g/mol. The molecule has 2 amide bonds. The Labute approximate surface area is 200 Å². The van der Waals surface area contributed by atoms with Crippen LogP contribution in [0.2, 0.25) is 0 Å². The van der Waals surface area contributed by atoms with Crippen LogP contribution in [0.5, 0.6) is 5.75 Å². The molecule has 5 rings (SSSR count). The van der Waals surface area contributed by atoms with Crippen molar-refractivity contribution in [3.63, 3.8) is 0 Å². The number of hydrogen-bond donors (Lipinski definition) is 0. The number of benzene rings is 2. The van der Waals surface area contributed by atoms with E-state index in [0.29, 0.717) is 13.0 Å². The molecule has 0 N–H and O–H groups in total. The molecule has 1 aromatic heterocycles. The topological polar surface area (TPSA) is 49.9 Å². The standard InChI is InChI=1S/C26H24F2N2O3S/c27-20-6-2-1-5-18(20)26(32)30(17-9-10-17)15-25(31)29-13-11-24-19(12-14-34-24)22(29)16-33-23-8-4-3-7-21(23)28/h1-8,12,14,17,22H,9-11,13,15-16H2/t22-/m0/s1. The zero-order valence-electron chi connectivity index (χ0n) is 18.5. The first-order chi connectivity index (χ1) is 16.5. The van der Waals surface area contributed by atoms with Gasteiger partial charge in [0.05, 0.1) is 11.6 Å². The van der Waals surface area contributed by atoms with Gasteiger partial charge in [0.2, 0.25) is 5.91 Å². The summed E-state index contributed by atoms with van der Waals surface area (Å²) in [4.78, 5) is 31.0. The Morgan fingerprint density at radius 1 is 1.03 bits per heavy atom. The van der Waals surface area contributed by atoms with Crippen LogP contribution in [0.3, 0.4) is 0 Å². The lowest BCUT2D eigenvalue weighted by Crippen LogP contribution is -2.48. The first-order valence-corrected chi connectivity index (χ1v) is 12.2. The molecule has 1 aliphatic heterocycles. The number of carbonyl (C=O) groups is 2. The van der Waals surface area contributed by atoms with Gasteiger partial charge >= 0.3 is 0 Å². The zero-order chi connectivity index (χ0) is 23.7. The molecule has 1 saturated carbocycles. The van der Waals surface area contributed by atoms with Crippen molar-refractivity contribution in [1.82, 2.24) is 9.80 Å². The van der Waals surface area contributed by atoms with Crippen LogP contribution in [0.1, 0.15) is 39.7 Å². The highest BCUT2D eigenvalue weighted by Gasteiger charge is 2.38. The SMILES string of the molecule is O=C(c1ccccc1F)N(CC(=O)N1CCc2sccc2[C@@H]1COc1ccccc1F)C1CC1. The van der Waals surface area contributed by atoms with Crippen molar-refractivity contribution in [2.45, 2.75) is 31.3 Å². The van der Waals surface area contributed by atoms with Crippen LogP contribution in [0.4, 0.5) is 8.78 Å². The lowest BCUT2D eigenvalue weighted by Gasteiger charge is -2.37. The molecule has 0 spiro atoms. The van der Waals surface area contributed by atoms with Gasteiger partial charge in [-0.2, -0.15) is 0 Å².